The Morgan fingerprint density at radius 2 is 1.54 bits per heavy atom. The van der Waals surface area contributed by atoms with Gasteiger partial charge in [-0.1, -0.05) is 48.5 Å². The Bertz CT molecular complexity index is 1100. The van der Waals surface area contributed by atoms with Crippen molar-refractivity contribution < 1.29 is 23.9 Å². The number of esters is 2. The number of hydrogen-bond donors (Lipinski definition) is 0. The maximum atomic E-state index is 13.6. The summed E-state index contributed by atoms with van der Waals surface area (Å²) in [5.74, 6) is 1.53. The number of allylic oxidation sites excluding steroid dienone is 1. The van der Waals surface area contributed by atoms with Crippen molar-refractivity contribution in [3.8, 4) is 0 Å². The molecule has 0 N–H and O–H groups in total. The van der Waals surface area contributed by atoms with Gasteiger partial charge >= 0.3 is 11.9 Å². The molecule has 218 valence electrons. The van der Waals surface area contributed by atoms with E-state index in [0.29, 0.717) is 30.8 Å². The molecule has 0 heterocycles. The number of hydrogen-bond acceptors (Lipinski definition) is 5. The third-order valence-electron chi connectivity index (χ3n) is 13.4. The van der Waals surface area contributed by atoms with E-state index in [1.165, 1.54) is 25.3 Å². The van der Waals surface area contributed by atoms with E-state index in [2.05, 4.69) is 48.5 Å². The van der Waals surface area contributed by atoms with Crippen LogP contribution in [0.15, 0.2) is 11.1 Å². The van der Waals surface area contributed by atoms with E-state index >= 15 is 0 Å². The zero-order chi connectivity index (χ0) is 28.8. The highest BCUT2D eigenvalue weighted by atomic mass is 16.5. The number of ether oxygens (including phenoxy) is 2. The first kappa shape index (κ1) is 28.9. The molecule has 5 aliphatic rings. The lowest BCUT2D eigenvalue weighted by molar-refractivity contribution is -0.233. The molecule has 5 aliphatic carbocycles. The highest BCUT2D eigenvalue weighted by molar-refractivity contribution is 6.00. The first-order chi connectivity index (χ1) is 18.0. The Kier molecular flexibility index (Phi) is 6.79. The SMILES string of the molecule is CC(=O)OC[C@@]12CCC3(C)C(CCC4C5(C)CCC(OC(C)=O)C(C)(C)C5CCC43C)C1=C(C(C)C)C(=O)C2. The van der Waals surface area contributed by atoms with Crippen molar-refractivity contribution in [1.29, 1.82) is 0 Å². The average Bonchev–Trinajstić information content (AvgIpc) is 3.12. The van der Waals surface area contributed by atoms with Crippen molar-refractivity contribution in [2.45, 2.75) is 126 Å². The van der Waals surface area contributed by atoms with Crippen LogP contribution in [0.5, 0.6) is 0 Å². The Labute approximate surface area is 236 Å². The summed E-state index contributed by atoms with van der Waals surface area (Å²) in [7, 11) is 0. The second kappa shape index (κ2) is 9.18. The lowest BCUT2D eigenvalue weighted by atomic mass is 9.33. The van der Waals surface area contributed by atoms with Gasteiger partial charge in [-0.15, -0.1) is 0 Å². The van der Waals surface area contributed by atoms with E-state index in [4.69, 9.17) is 9.47 Å². The van der Waals surface area contributed by atoms with Crippen LogP contribution in [0.25, 0.3) is 0 Å². The predicted molar refractivity (Wildman–Crippen MR) is 152 cm³/mol. The van der Waals surface area contributed by atoms with Crippen LogP contribution in [0, 0.1) is 50.7 Å². The lowest BCUT2D eigenvalue weighted by Crippen LogP contribution is -2.66. The van der Waals surface area contributed by atoms with Crippen LogP contribution < -0.4 is 0 Å². The molecule has 39 heavy (non-hydrogen) atoms. The fourth-order valence-electron chi connectivity index (χ4n) is 11.5. The van der Waals surface area contributed by atoms with E-state index in [9.17, 15) is 14.4 Å². The summed E-state index contributed by atoms with van der Waals surface area (Å²) < 4.78 is 11.6. The maximum Gasteiger partial charge on any atom is 0.302 e. The minimum Gasteiger partial charge on any atom is -0.465 e. The van der Waals surface area contributed by atoms with E-state index in [-0.39, 0.29) is 56.8 Å². The average molecular weight is 541 g/mol. The van der Waals surface area contributed by atoms with Crippen molar-refractivity contribution in [3.05, 3.63) is 11.1 Å². The van der Waals surface area contributed by atoms with Crippen molar-refractivity contribution in [1.82, 2.24) is 0 Å². The summed E-state index contributed by atoms with van der Waals surface area (Å²) >= 11 is 0. The monoisotopic (exact) mass is 540 g/mol. The maximum absolute atomic E-state index is 13.6. The highest BCUT2D eigenvalue weighted by Crippen LogP contribution is 2.76. The molecule has 0 saturated heterocycles. The van der Waals surface area contributed by atoms with Crippen molar-refractivity contribution in [2.75, 3.05) is 6.61 Å². The normalized spacial score (nSPS) is 44.7. The number of rotatable bonds is 4. The van der Waals surface area contributed by atoms with Gasteiger partial charge in [0.15, 0.2) is 5.78 Å². The molecule has 4 fully saturated rings. The van der Waals surface area contributed by atoms with E-state index in [1.54, 1.807) is 6.92 Å². The quantitative estimate of drug-likeness (QED) is 0.346. The smallest absolute Gasteiger partial charge is 0.302 e. The zero-order valence-electron chi connectivity index (χ0n) is 26.0. The minimum absolute atomic E-state index is 0.0100. The third-order valence-corrected chi connectivity index (χ3v) is 13.4. The molecular weight excluding hydrogens is 488 g/mol. The van der Waals surface area contributed by atoms with Gasteiger partial charge in [0.05, 0.1) is 0 Å². The summed E-state index contributed by atoms with van der Waals surface area (Å²) in [5.41, 5.74) is 2.51. The first-order valence-corrected chi connectivity index (χ1v) is 15.6. The molecule has 4 saturated carbocycles. The molecule has 0 radical (unpaired) electrons. The summed E-state index contributed by atoms with van der Waals surface area (Å²) in [6.45, 7) is 20.1. The molecule has 0 aromatic rings. The number of carbonyl (C=O) groups is 3. The molecule has 0 bridgehead atoms. The molecular formula is C34H52O5. The molecule has 0 aromatic heterocycles. The second-order valence-corrected chi connectivity index (χ2v) is 15.7. The van der Waals surface area contributed by atoms with E-state index < -0.39 is 0 Å². The van der Waals surface area contributed by atoms with Gasteiger partial charge in [0, 0.05) is 31.1 Å². The van der Waals surface area contributed by atoms with E-state index in [0.717, 1.165) is 44.1 Å². The van der Waals surface area contributed by atoms with Gasteiger partial charge in [0.25, 0.3) is 0 Å². The van der Waals surface area contributed by atoms with Gasteiger partial charge < -0.3 is 9.47 Å². The second-order valence-electron chi connectivity index (χ2n) is 15.7. The minimum atomic E-state index is -0.319. The number of ketones is 1. The van der Waals surface area contributed by atoms with Crippen LogP contribution in [0.2, 0.25) is 0 Å². The van der Waals surface area contributed by atoms with Crippen molar-refractivity contribution in [3.63, 3.8) is 0 Å². The molecule has 0 amide bonds. The van der Waals surface area contributed by atoms with Gasteiger partial charge in [-0.3, -0.25) is 14.4 Å². The van der Waals surface area contributed by atoms with Crippen LogP contribution >= 0.6 is 0 Å². The first-order valence-electron chi connectivity index (χ1n) is 15.6. The topological polar surface area (TPSA) is 69.7 Å². The van der Waals surface area contributed by atoms with Crippen molar-refractivity contribution >= 4 is 17.7 Å². The number of fused-ring (bicyclic) bond motifs is 7. The summed E-state index contributed by atoms with van der Waals surface area (Å²) in [5, 5.41) is 0. The molecule has 5 nitrogen and oxygen atoms in total. The molecule has 5 rings (SSSR count). The fraction of sp³-hybridized carbons (Fsp3) is 0.853. The standard InChI is InChI=1S/C34H52O5/c1-20(2)28-24(37)18-34(19-38-21(3)35)17-16-32(8)23(29(28)34)10-11-26-31(7)14-13-27(39-22(4)36)30(5,6)25(31)12-15-33(26,32)9/h20,23,25-27H,10-19H2,1-9H3/t23?,25?,26?,27?,31?,32?,33?,34-/m0/s1. The summed E-state index contributed by atoms with van der Waals surface area (Å²) in [6.07, 6.45) is 9.15. The Morgan fingerprint density at radius 1 is 0.846 bits per heavy atom. The number of carbonyl (C=O) groups excluding carboxylic acids is 3. The van der Waals surface area contributed by atoms with E-state index in [1.807, 2.05) is 0 Å². The summed E-state index contributed by atoms with van der Waals surface area (Å²) in [4.78, 5) is 37.4. The predicted octanol–water partition coefficient (Wildman–Crippen LogP) is 7.46. The van der Waals surface area contributed by atoms with Crippen molar-refractivity contribution in [2.24, 2.45) is 50.7 Å². The Balaban J connectivity index is 1.54. The molecule has 0 aromatic carbocycles. The van der Waals surface area contributed by atoms with Crippen LogP contribution in [-0.2, 0) is 23.9 Å². The largest absolute Gasteiger partial charge is 0.465 e. The number of Topliss-reactive ketones (excluding diaryl/α,β-unsaturated/α-hetero) is 1. The highest BCUT2D eigenvalue weighted by Gasteiger charge is 2.70. The molecule has 7 unspecified atom stereocenters. The van der Waals surface area contributed by atoms with Gasteiger partial charge in [0.1, 0.15) is 12.7 Å². The molecule has 5 heteroatoms. The molecule has 8 atom stereocenters. The lowest BCUT2D eigenvalue weighted by Gasteiger charge is -2.72. The third kappa shape index (κ3) is 3.94. The van der Waals surface area contributed by atoms with Crippen LogP contribution in [0.1, 0.15) is 120 Å². The zero-order valence-corrected chi connectivity index (χ0v) is 26.0. The fourth-order valence-corrected chi connectivity index (χ4v) is 11.5. The molecule has 0 spiro atoms. The molecule has 0 aliphatic heterocycles. The Hall–Kier alpha value is -1.65. The van der Waals surface area contributed by atoms with Crippen LogP contribution in [-0.4, -0.2) is 30.4 Å². The Morgan fingerprint density at radius 3 is 2.15 bits per heavy atom. The van der Waals surface area contributed by atoms with Gasteiger partial charge in [-0.05, 0) is 102 Å². The van der Waals surface area contributed by atoms with Gasteiger partial charge in [-0.25, -0.2) is 0 Å². The van der Waals surface area contributed by atoms with Gasteiger partial charge in [-0.2, -0.15) is 0 Å². The van der Waals surface area contributed by atoms with Gasteiger partial charge in [0.2, 0.25) is 0 Å². The van der Waals surface area contributed by atoms with Crippen LogP contribution in [0.3, 0.4) is 0 Å². The summed E-state index contributed by atoms with van der Waals surface area (Å²) in [6, 6.07) is 0. The van der Waals surface area contributed by atoms with Crippen LogP contribution in [0.4, 0.5) is 0 Å².